The predicted molar refractivity (Wildman–Crippen MR) is 83.9 cm³/mol. The maximum Gasteiger partial charge on any atom is 0.218 e. The third-order valence-corrected chi connectivity index (χ3v) is 5.64. The monoisotopic (exact) mass is 313 g/mol. The highest BCUT2D eigenvalue weighted by molar-refractivity contribution is 7.88. The molecule has 0 saturated carbocycles. The molecule has 2 rings (SSSR count). The molecule has 20 heavy (non-hydrogen) atoms. The zero-order valence-electron chi connectivity index (χ0n) is 11.4. The molecule has 5 nitrogen and oxygen atoms in total. The molecule has 0 bridgehead atoms. The highest BCUT2D eigenvalue weighted by Gasteiger charge is 2.27. The number of hydrogen-bond acceptors (Lipinski definition) is 3. The number of rotatable bonds is 3. The number of sulfonamides is 1. The van der Waals surface area contributed by atoms with Crippen LogP contribution in [0.15, 0.2) is 30.3 Å². The van der Waals surface area contributed by atoms with E-state index in [0.29, 0.717) is 31.3 Å². The number of piperazine rings is 1. The number of hydrogen-bond donors (Lipinski definition) is 1. The third-order valence-electron chi connectivity index (χ3n) is 3.33. The predicted octanol–water partition coefficient (Wildman–Crippen LogP) is 0.638. The number of thiocarbonyl (C=S) groups is 1. The van der Waals surface area contributed by atoms with Crippen LogP contribution in [0.25, 0.3) is 0 Å². The summed E-state index contributed by atoms with van der Waals surface area (Å²) in [4.78, 5) is 1.99. The van der Waals surface area contributed by atoms with Gasteiger partial charge in [0.15, 0.2) is 5.11 Å². The molecule has 0 atom stereocenters. The Bertz CT molecular complexity index is 552. The van der Waals surface area contributed by atoms with E-state index in [2.05, 4.69) is 5.32 Å². The first kappa shape index (κ1) is 15.2. The van der Waals surface area contributed by atoms with E-state index in [1.54, 1.807) is 11.4 Å². The zero-order valence-corrected chi connectivity index (χ0v) is 13.1. The normalized spacial score (nSPS) is 16.9. The van der Waals surface area contributed by atoms with Crippen molar-refractivity contribution in [3.63, 3.8) is 0 Å². The Kier molecular flexibility index (Phi) is 4.95. The van der Waals surface area contributed by atoms with E-state index in [9.17, 15) is 8.42 Å². The van der Waals surface area contributed by atoms with Gasteiger partial charge in [0.05, 0.1) is 5.75 Å². The van der Waals surface area contributed by atoms with E-state index in [1.807, 2.05) is 35.2 Å². The zero-order chi connectivity index (χ0) is 14.6. The lowest BCUT2D eigenvalue weighted by Gasteiger charge is -2.35. The molecule has 1 aliphatic rings. The minimum absolute atomic E-state index is 0.0598. The van der Waals surface area contributed by atoms with Crippen molar-refractivity contribution in [3.05, 3.63) is 35.9 Å². The van der Waals surface area contributed by atoms with Gasteiger partial charge < -0.3 is 10.2 Å². The van der Waals surface area contributed by atoms with Crippen molar-refractivity contribution in [3.8, 4) is 0 Å². The largest absolute Gasteiger partial charge is 0.366 e. The van der Waals surface area contributed by atoms with Gasteiger partial charge in [-0.2, -0.15) is 4.31 Å². The van der Waals surface area contributed by atoms with Crippen molar-refractivity contribution in [2.24, 2.45) is 0 Å². The summed E-state index contributed by atoms with van der Waals surface area (Å²) in [6.07, 6.45) is 0. The minimum atomic E-state index is -3.25. The molecule has 0 aliphatic carbocycles. The van der Waals surface area contributed by atoms with Crippen molar-refractivity contribution >= 4 is 27.4 Å². The molecule has 110 valence electrons. The first-order valence-corrected chi connectivity index (χ1v) is 8.53. The van der Waals surface area contributed by atoms with Crippen molar-refractivity contribution in [2.45, 2.75) is 5.75 Å². The van der Waals surface area contributed by atoms with Gasteiger partial charge in [-0.25, -0.2) is 8.42 Å². The SMILES string of the molecule is CNC(=S)N1CCN(S(=O)(=O)Cc2ccccc2)CC1. The van der Waals surface area contributed by atoms with E-state index in [1.165, 1.54) is 0 Å². The second kappa shape index (κ2) is 6.51. The van der Waals surface area contributed by atoms with Crippen molar-refractivity contribution in [1.82, 2.24) is 14.5 Å². The number of nitrogens with one attached hydrogen (secondary N) is 1. The van der Waals surface area contributed by atoms with E-state index in [0.717, 1.165) is 5.56 Å². The lowest BCUT2D eigenvalue weighted by atomic mass is 10.2. The van der Waals surface area contributed by atoms with Gasteiger partial charge in [-0.3, -0.25) is 0 Å². The fourth-order valence-corrected chi connectivity index (χ4v) is 3.90. The van der Waals surface area contributed by atoms with Gasteiger partial charge in [-0.1, -0.05) is 30.3 Å². The van der Waals surface area contributed by atoms with Crippen LogP contribution in [0.5, 0.6) is 0 Å². The first-order valence-electron chi connectivity index (χ1n) is 6.51. The molecule has 1 aromatic carbocycles. The van der Waals surface area contributed by atoms with E-state index < -0.39 is 10.0 Å². The quantitative estimate of drug-likeness (QED) is 0.830. The summed E-state index contributed by atoms with van der Waals surface area (Å²) < 4.78 is 26.3. The summed E-state index contributed by atoms with van der Waals surface area (Å²) in [5.41, 5.74) is 0.820. The summed E-state index contributed by atoms with van der Waals surface area (Å²) >= 11 is 5.16. The standard InChI is InChI=1S/C13H19N3O2S2/c1-14-13(19)15-7-9-16(10-8-15)20(17,18)11-12-5-3-2-4-6-12/h2-6H,7-11H2,1H3,(H,14,19). The topological polar surface area (TPSA) is 52.6 Å². The molecular formula is C13H19N3O2S2. The smallest absolute Gasteiger partial charge is 0.218 e. The van der Waals surface area contributed by atoms with Crippen molar-refractivity contribution < 1.29 is 8.42 Å². The second-order valence-corrected chi connectivity index (χ2v) is 7.04. The molecule has 0 amide bonds. The van der Waals surface area contributed by atoms with Gasteiger partial charge in [0.1, 0.15) is 0 Å². The van der Waals surface area contributed by atoms with Crippen molar-refractivity contribution in [1.29, 1.82) is 0 Å². The summed E-state index contributed by atoms with van der Waals surface area (Å²) in [6, 6.07) is 9.27. The van der Waals surface area contributed by atoms with E-state index >= 15 is 0 Å². The maximum atomic E-state index is 12.4. The Hall–Kier alpha value is -1.18. The minimum Gasteiger partial charge on any atom is -0.366 e. The van der Waals surface area contributed by atoms with Crippen molar-refractivity contribution in [2.75, 3.05) is 33.2 Å². The molecule has 1 heterocycles. The lowest BCUT2D eigenvalue weighted by Crippen LogP contribution is -2.52. The molecule has 7 heteroatoms. The van der Waals surface area contributed by atoms with Crippen LogP contribution in [0.4, 0.5) is 0 Å². The number of benzene rings is 1. The summed E-state index contributed by atoms with van der Waals surface area (Å²) in [5, 5.41) is 3.59. The van der Waals surface area contributed by atoms with Gasteiger partial charge in [0.2, 0.25) is 10.0 Å². The highest BCUT2D eigenvalue weighted by atomic mass is 32.2. The number of nitrogens with zero attached hydrogens (tertiary/aromatic N) is 2. The van der Waals surface area contributed by atoms with Crippen LogP contribution in [0, 0.1) is 0 Å². The molecule has 0 spiro atoms. The lowest BCUT2D eigenvalue weighted by molar-refractivity contribution is 0.264. The first-order chi connectivity index (χ1) is 9.53. The van der Waals surface area contributed by atoms with Crippen LogP contribution in [0.1, 0.15) is 5.56 Å². The van der Waals surface area contributed by atoms with Gasteiger partial charge in [-0.15, -0.1) is 0 Å². The molecule has 1 N–H and O–H groups in total. The molecule has 1 saturated heterocycles. The fraction of sp³-hybridized carbons (Fsp3) is 0.462. The highest BCUT2D eigenvalue weighted by Crippen LogP contribution is 2.13. The average Bonchev–Trinajstić information content (AvgIpc) is 2.47. The molecule has 1 aliphatic heterocycles. The molecule has 0 unspecified atom stereocenters. The Labute approximate surface area is 125 Å². The molecule has 1 fully saturated rings. The molecule has 0 radical (unpaired) electrons. The molecule has 0 aromatic heterocycles. The molecular weight excluding hydrogens is 294 g/mol. The van der Waals surface area contributed by atoms with Crippen LogP contribution >= 0.6 is 12.2 Å². The summed E-state index contributed by atoms with van der Waals surface area (Å²) in [5.74, 6) is 0.0598. The Balaban J connectivity index is 1.97. The van der Waals surface area contributed by atoms with Crippen LogP contribution in [-0.4, -0.2) is 56.0 Å². The van der Waals surface area contributed by atoms with Crippen LogP contribution < -0.4 is 5.32 Å². The van der Waals surface area contributed by atoms with Crippen LogP contribution in [0.3, 0.4) is 0 Å². The average molecular weight is 313 g/mol. The van der Waals surface area contributed by atoms with Crippen LogP contribution in [-0.2, 0) is 15.8 Å². The fourth-order valence-electron chi connectivity index (χ4n) is 2.20. The Morgan fingerprint density at radius 2 is 1.80 bits per heavy atom. The van der Waals surface area contributed by atoms with E-state index in [-0.39, 0.29) is 5.75 Å². The second-order valence-electron chi connectivity index (χ2n) is 4.68. The maximum absolute atomic E-state index is 12.4. The van der Waals surface area contributed by atoms with Gasteiger partial charge >= 0.3 is 0 Å². The van der Waals surface area contributed by atoms with Crippen LogP contribution in [0.2, 0.25) is 0 Å². The molecule has 1 aromatic rings. The van der Waals surface area contributed by atoms with Gasteiger partial charge in [0, 0.05) is 33.2 Å². The van der Waals surface area contributed by atoms with E-state index in [4.69, 9.17) is 12.2 Å². The van der Waals surface area contributed by atoms with Gasteiger partial charge in [-0.05, 0) is 17.8 Å². The Morgan fingerprint density at radius 3 is 2.35 bits per heavy atom. The van der Waals surface area contributed by atoms with Gasteiger partial charge in [0.25, 0.3) is 0 Å². The third kappa shape index (κ3) is 3.68. The Morgan fingerprint density at radius 1 is 1.20 bits per heavy atom. The summed E-state index contributed by atoms with van der Waals surface area (Å²) in [7, 11) is -1.47. The summed E-state index contributed by atoms with van der Waals surface area (Å²) in [6.45, 7) is 2.23.